The molecule has 0 aliphatic carbocycles. The first-order valence-electron chi connectivity index (χ1n) is 8.81. The number of carbonyl (C=O) groups is 1. The van der Waals surface area contributed by atoms with Gasteiger partial charge in [-0.15, -0.1) is 0 Å². The molecule has 4 rings (SSSR count). The third-order valence-corrected chi connectivity index (χ3v) is 5.67. The Morgan fingerprint density at radius 2 is 1.86 bits per heavy atom. The molecule has 0 bridgehead atoms. The zero-order valence-corrected chi connectivity index (χ0v) is 17.2. The van der Waals surface area contributed by atoms with E-state index < -0.39 is 5.97 Å². The molecule has 0 unspecified atom stereocenters. The van der Waals surface area contributed by atoms with E-state index in [1.165, 1.54) is 5.56 Å². The Morgan fingerprint density at radius 3 is 2.57 bits per heavy atom. The Balaban J connectivity index is 1.70. The smallest absolute Gasteiger partial charge is 0.363 e. The van der Waals surface area contributed by atoms with Crippen molar-refractivity contribution in [1.82, 2.24) is 0 Å². The van der Waals surface area contributed by atoms with Crippen LogP contribution in [-0.2, 0) is 14.9 Å². The van der Waals surface area contributed by atoms with Crippen molar-refractivity contribution in [3.8, 4) is 0 Å². The van der Waals surface area contributed by atoms with Crippen molar-refractivity contribution < 1.29 is 9.53 Å². The number of nitrogens with zero attached hydrogens (tertiary/aromatic N) is 2. The summed E-state index contributed by atoms with van der Waals surface area (Å²) in [6.45, 7) is 4.32. The molecule has 2 heterocycles. The van der Waals surface area contributed by atoms with E-state index in [0.29, 0.717) is 15.6 Å². The zero-order valence-electron chi connectivity index (χ0n) is 15.7. The number of para-hydroxylation sites is 1. The Kier molecular flexibility index (Phi) is 4.56. The van der Waals surface area contributed by atoms with E-state index in [0.717, 1.165) is 11.4 Å². The van der Waals surface area contributed by atoms with Crippen molar-refractivity contribution in [2.45, 2.75) is 19.3 Å². The van der Waals surface area contributed by atoms with Gasteiger partial charge in [0.1, 0.15) is 0 Å². The maximum atomic E-state index is 12.3. The fourth-order valence-electron chi connectivity index (χ4n) is 3.66. The number of benzene rings is 2. The Hall–Kier alpha value is -2.56. The molecular formula is C22H18Cl2N2O2. The molecule has 2 aliphatic heterocycles. The van der Waals surface area contributed by atoms with Crippen molar-refractivity contribution in [2.24, 2.45) is 4.99 Å². The molecule has 2 aromatic rings. The lowest BCUT2D eigenvalue weighted by molar-refractivity contribution is -0.130. The van der Waals surface area contributed by atoms with Gasteiger partial charge in [-0.2, -0.15) is 0 Å². The molecule has 2 aromatic carbocycles. The number of rotatable bonds is 2. The Morgan fingerprint density at radius 1 is 1.11 bits per heavy atom. The number of hydrogen-bond donors (Lipinski definition) is 0. The van der Waals surface area contributed by atoms with Crippen LogP contribution in [0.4, 0.5) is 5.69 Å². The molecule has 0 aromatic heterocycles. The second-order valence-corrected chi connectivity index (χ2v) is 8.08. The number of ether oxygens (including phenoxy) is 1. The van der Waals surface area contributed by atoms with E-state index in [1.807, 2.05) is 25.3 Å². The Labute approximate surface area is 173 Å². The van der Waals surface area contributed by atoms with E-state index in [4.69, 9.17) is 27.9 Å². The summed E-state index contributed by atoms with van der Waals surface area (Å²) in [7, 11) is 2.02. The lowest BCUT2D eigenvalue weighted by Crippen LogP contribution is -2.22. The number of carbonyl (C=O) groups excluding carboxylic acids is 1. The number of esters is 1. The molecule has 0 saturated heterocycles. The van der Waals surface area contributed by atoms with Crippen LogP contribution in [-0.4, -0.2) is 18.9 Å². The third kappa shape index (κ3) is 3.03. The maximum absolute atomic E-state index is 12.3. The summed E-state index contributed by atoms with van der Waals surface area (Å²) in [5, 5.41) is 0.885. The molecule has 2 aliphatic rings. The number of likely N-dealkylation sites (N-methyl/N-ethyl adjacent to an activating group) is 1. The van der Waals surface area contributed by atoms with Crippen LogP contribution >= 0.6 is 23.2 Å². The van der Waals surface area contributed by atoms with Crippen LogP contribution in [0.1, 0.15) is 25.0 Å². The van der Waals surface area contributed by atoms with Gasteiger partial charge in [-0.1, -0.05) is 55.2 Å². The molecule has 0 radical (unpaired) electrons. The third-order valence-electron chi connectivity index (χ3n) is 5.12. The van der Waals surface area contributed by atoms with Crippen molar-refractivity contribution in [1.29, 1.82) is 0 Å². The number of hydrogen-bond acceptors (Lipinski definition) is 4. The molecule has 0 N–H and O–H groups in total. The quantitative estimate of drug-likeness (QED) is 0.483. The SMILES string of the molecule is CN1C(=CC=C2N=C(c3ccc(Cl)cc3Cl)OC2=O)C(C)(C)c2ccccc21. The normalized spacial score (nSPS) is 20.5. The van der Waals surface area contributed by atoms with Gasteiger partial charge in [0.05, 0.1) is 10.6 Å². The predicted octanol–water partition coefficient (Wildman–Crippen LogP) is 5.49. The summed E-state index contributed by atoms with van der Waals surface area (Å²) in [6.07, 6.45) is 3.62. The average Bonchev–Trinajstić information content (AvgIpc) is 3.10. The van der Waals surface area contributed by atoms with Crippen molar-refractivity contribution in [3.63, 3.8) is 0 Å². The second-order valence-electron chi connectivity index (χ2n) is 7.24. The number of anilines is 1. The zero-order chi connectivity index (χ0) is 20.1. The van der Waals surface area contributed by atoms with Gasteiger partial charge in [-0.05, 0) is 42.0 Å². The van der Waals surface area contributed by atoms with E-state index in [9.17, 15) is 4.79 Å². The van der Waals surface area contributed by atoms with Crippen LogP contribution in [0.5, 0.6) is 0 Å². The average molecular weight is 413 g/mol. The van der Waals surface area contributed by atoms with Gasteiger partial charge in [0, 0.05) is 28.9 Å². The summed E-state index contributed by atoms with van der Waals surface area (Å²) >= 11 is 12.1. The van der Waals surface area contributed by atoms with Gasteiger partial charge < -0.3 is 9.64 Å². The molecular weight excluding hydrogens is 395 g/mol. The standard InChI is InChI=1S/C22H18Cl2N2O2/c1-22(2)15-6-4-5-7-18(15)26(3)19(22)11-10-17-21(27)28-20(25-17)14-9-8-13(23)12-16(14)24/h4-12H,1-3H3. The highest BCUT2D eigenvalue weighted by Gasteiger charge is 2.38. The van der Waals surface area contributed by atoms with E-state index in [1.54, 1.807) is 24.3 Å². The minimum absolute atomic E-state index is 0.179. The molecule has 4 nitrogen and oxygen atoms in total. The predicted molar refractivity (Wildman–Crippen MR) is 113 cm³/mol. The van der Waals surface area contributed by atoms with Crippen LogP contribution in [0, 0.1) is 0 Å². The van der Waals surface area contributed by atoms with Gasteiger partial charge in [-0.25, -0.2) is 9.79 Å². The van der Waals surface area contributed by atoms with Crippen molar-refractivity contribution >= 4 is 40.8 Å². The first-order chi connectivity index (χ1) is 13.3. The summed E-state index contributed by atoms with van der Waals surface area (Å²) in [6, 6.07) is 13.2. The highest BCUT2D eigenvalue weighted by Crippen LogP contribution is 2.46. The van der Waals surface area contributed by atoms with Gasteiger partial charge in [0.25, 0.3) is 0 Å². The van der Waals surface area contributed by atoms with E-state index in [-0.39, 0.29) is 17.0 Å². The first-order valence-corrected chi connectivity index (χ1v) is 9.56. The fraction of sp³-hybridized carbons (Fsp3) is 0.182. The monoisotopic (exact) mass is 412 g/mol. The molecule has 0 atom stereocenters. The van der Waals surface area contributed by atoms with E-state index >= 15 is 0 Å². The lowest BCUT2D eigenvalue weighted by Gasteiger charge is -2.23. The second kappa shape index (κ2) is 6.80. The fourth-order valence-corrected chi connectivity index (χ4v) is 4.15. The lowest BCUT2D eigenvalue weighted by atomic mass is 9.84. The summed E-state index contributed by atoms with van der Waals surface area (Å²) < 4.78 is 5.31. The van der Waals surface area contributed by atoms with Crippen LogP contribution in [0.15, 0.2) is 71.0 Å². The molecule has 0 amide bonds. The highest BCUT2D eigenvalue weighted by atomic mass is 35.5. The molecule has 0 saturated carbocycles. The van der Waals surface area contributed by atoms with Crippen LogP contribution < -0.4 is 4.90 Å². The van der Waals surface area contributed by atoms with Gasteiger partial charge in [0.15, 0.2) is 5.70 Å². The van der Waals surface area contributed by atoms with Crippen molar-refractivity contribution in [3.05, 3.63) is 87.2 Å². The number of cyclic esters (lactones) is 1. The van der Waals surface area contributed by atoms with Crippen molar-refractivity contribution in [2.75, 3.05) is 11.9 Å². The van der Waals surface area contributed by atoms with E-state index in [2.05, 4.69) is 35.9 Å². The molecule has 0 spiro atoms. The minimum Gasteiger partial charge on any atom is -0.402 e. The highest BCUT2D eigenvalue weighted by molar-refractivity contribution is 6.37. The summed E-state index contributed by atoms with van der Waals surface area (Å²) in [5.41, 5.74) is 4.05. The molecule has 6 heteroatoms. The summed E-state index contributed by atoms with van der Waals surface area (Å²) in [5.74, 6) is -0.326. The largest absolute Gasteiger partial charge is 0.402 e. The van der Waals surface area contributed by atoms with Gasteiger partial charge in [-0.3, -0.25) is 0 Å². The van der Waals surface area contributed by atoms with Gasteiger partial charge in [0.2, 0.25) is 5.90 Å². The van der Waals surface area contributed by atoms with Crippen LogP contribution in [0.3, 0.4) is 0 Å². The number of halogens is 2. The Bertz CT molecular complexity index is 1080. The van der Waals surface area contributed by atoms with Crippen LogP contribution in [0.2, 0.25) is 10.0 Å². The number of fused-ring (bicyclic) bond motifs is 1. The topological polar surface area (TPSA) is 41.9 Å². The number of allylic oxidation sites excluding steroid dienone is 3. The maximum Gasteiger partial charge on any atom is 0.363 e. The van der Waals surface area contributed by atoms with Crippen LogP contribution in [0.25, 0.3) is 0 Å². The van der Waals surface area contributed by atoms with Gasteiger partial charge >= 0.3 is 5.97 Å². The first kappa shape index (κ1) is 18.8. The molecule has 0 fully saturated rings. The minimum atomic E-state index is -0.506. The summed E-state index contributed by atoms with van der Waals surface area (Å²) in [4.78, 5) is 18.7. The molecule has 28 heavy (non-hydrogen) atoms. The molecule has 142 valence electrons. The number of aliphatic imine (C=N–C) groups is 1.